The fourth-order valence-corrected chi connectivity index (χ4v) is 0.890. The zero-order valence-electron chi connectivity index (χ0n) is 7.15. The summed E-state index contributed by atoms with van der Waals surface area (Å²) in [5.41, 5.74) is 7.33. The Morgan fingerprint density at radius 3 is 2.33 bits per heavy atom. The van der Waals surface area contributed by atoms with E-state index in [1.807, 2.05) is 0 Å². The molecule has 3 nitrogen and oxygen atoms in total. The second-order valence-corrected chi connectivity index (χ2v) is 2.82. The summed E-state index contributed by atoms with van der Waals surface area (Å²) >= 11 is 0. The molecule has 74 valence electrons. The van der Waals surface area contributed by atoms with Gasteiger partial charge in [0.05, 0.1) is 6.54 Å². The second kappa shape index (κ2) is 6.28. The standard InChI is InChI=1S/C7H17F2N3/c8-7(9,6-10)4-2-1-3-5-12-11/h12H,1-6,10-11H2. The molecule has 0 amide bonds. The van der Waals surface area contributed by atoms with Crippen LogP contribution in [-0.2, 0) is 0 Å². The molecule has 0 saturated heterocycles. The molecule has 0 unspecified atom stereocenters. The Labute approximate surface area is 71.5 Å². The molecule has 5 N–H and O–H groups in total. The monoisotopic (exact) mass is 181 g/mol. The Balaban J connectivity index is 3.19. The number of hydrogen-bond donors (Lipinski definition) is 3. The lowest BCUT2D eigenvalue weighted by atomic mass is 10.1. The molecule has 0 fully saturated rings. The van der Waals surface area contributed by atoms with E-state index in [1.54, 1.807) is 0 Å². The minimum atomic E-state index is -2.68. The predicted molar refractivity (Wildman–Crippen MR) is 44.7 cm³/mol. The Hall–Kier alpha value is -0.260. The highest BCUT2D eigenvalue weighted by atomic mass is 19.3. The molecule has 0 radical (unpaired) electrons. The summed E-state index contributed by atoms with van der Waals surface area (Å²) in [4.78, 5) is 0. The zero-order valence-corrected chi connectivity index (χ0v) is 7.15. The van der Waals surface area contributed by atoms with Gasteiger partial charge in [-0.2, -0.15) is 0 Å². The van der Waals surface area contributed by atoms with Gasteiger partial charge in [0.2, 0.25) is 0 Å². The fraction of sp³-hybridized carbons (Fsp3) is 1.00. The molecule has 0 aromatic heterocycles. The molecule has 0 rings (SSSR count). The van der Waals surface area contributed by atoms with Crippen LogP contribution in [0.3, 0.4) is 0 Å². The summed E-state index contributed by atoms with van der Waals surface area (Å²) < 4.78 is 25.0. The highest BCUT2D eigenvalue weighted by Gasteiger charge is 2.25. The lowest BCUT2D eigenvalue weighted by Gasteiger charge is -2.12. The summed E-state index contributed by atoms with van der Waals surface area (Å²) in [6.07, 6.45) is 1.98. The predicted octanol–water partition coefficient (Wildman–Crippen LogP) is 0.604. The molecule has 0 atom stereocenters. The second-order valence-electron chi connectivity index (χ2n) is 2.82. The van der Waals surface area contributed by atoms with Gasteiger partial charge in [-0.15, -0.1) is 0 Å². The number of unbranched alkanes of at least 4 members (excludes halogenated alkanes) is 2. The van der Waals surface area contributed by atoms with Crippen molar-refractivity contribution in [3.8, 4) is 0 Å². The molecule has 0 aliphatic heterocycles. The SMILES string of the molecule is NCC(F)(F)CCCCCNN. The first-order chi connectivity index (χ1) is 5.62. The largest absolute Gasteiger partial charge is 0.325 e. The van der Waals surface area contributed by atoms with Gasteiger partial charge in [-0.25, -0.2) is 8.78 Å². The summed E-state index contributed by atoms with van der Waals surface area (Å²) in [6, 6.07) is 0. The maximum absolute atomic E-state index is 12.5. The molecule has 0 aliphatic rings. The van der Waals surface area contributed by atoms with Crippen LogP contribution in [0, 0.1) is 0 Å². The number of hydrogen-bond acceptors (Lipinski definition) is 3. The van der Waals surface area contributed by atoms with Gasteiger partial charge in [-0.3, -0.25) is 11.3 Å². The van der Waals surface area contributed by atoms with E-state index in [-0.39, 0.29) is 6.42 Å². The quantitative estimate of drug-likeness (QED) is 0.306. The van der Waals surface area contributed by atoms with E-state index in [9.17, 15) is 8.78 Å². The summed E-state index contributed by atoms with van der Waals surface area (Å²) in [5.74, 6) is 2.32. The number of nitrogens with two attached hydrogens (primary N) is 2. The van der Waals surface area contributed by atoms with Crippen molar-refractivity contribution in [2.45, 2.75) is 31.6 Å². The van der Waals surface area contributed by atoms with E-state index in [2.05, 4.69) is 5.43 Å². The molecule has 0 aromatic carbocycles. The van der Waals surface area contributed by atoms with E-state index in [0.717, 1.165) is 12.8 Å². The first-order valence-electron chi connectivity index (χ1n) is 4.14. The lowest BCUT2D eigenvalue weighted by molar-refractivity contribution is -0.000304. The summed E-state index contributed by atoms with van der Waals surface area (Å²) in [7, 11) is 0. The molecule has 0 heterocycles. The van der Waals surface area contributed by atoms with Crippen LogP contribution in [0.4, 0.5) is 8.78 Å². The highest BCUT2D eigenvalue weighted by molar-refractivity contribution is 4.66. The number of hydrazine groups is 1. The van der Waals surface area contributed by atoms with Gasteiger partial charge in [-0.1, -0.05) is 6.42 Å². The van der Waals surface area contributed by atoms with Crippen LogP contribution in [0.5, 0.6) is 0 Å². The van der Waals surface area contributed by atoms with Gasteiger partial charge >= 0.3 is 0 Å². The minimum absolute atomic E-state index is 0.117. The van der Waals surface area contributed by atoms with E-state index in [1.165, 1.54) is 0 Å². The van der Waals surface area contributed by atoms with Crippen molar-refractivity contribution in [2.24, 2.45) is 11.6 Å². The maximum atomic E-state index is 12.5. The van der Waals surface area contributed by atoms with Crippen LogP contribution in [0.2, 0.25) is 0 Å². The van der Waals surface area contributed by atoms with Gasteiger partial charge in [0, 0.05) is 13.0 Å². The van der Waals surface area contributed by atoms with Crippen molar-refractivity contribution >= 4 is 0 Å². The van der Waals surface area contributed by atoms with E-state index >= 15 is 0 Å². The van der Waals surface area contributed by atoms with Gasteiger partial charge in [0.25, 0.3) is 5.92 Å². The van der Waals surface area contributed by atoms with Crippen LogP contribution in [-0.4, -0.2) is 19.0 Å². The van der Waals surface area contributed by atoms with Gasteiger partial charge in [0.1, 0.15) is 0 Å². The molecule has 0 saturated carbocycles. The van der Waals surface area contributed by atoms with E-state index in [4.69, 9.17) is 11.6 Å². The topological polar surface area (TPSA) is 64.1 Å². The molecule has 0 aromatic rings. The summed E-state index contributed by atoms with van der Waals surface area (Å²) in [5, 5.41) is 0. The van der Waals surface area contributed by atoms with Gasteiger partial charge < -0.3 is 5.73 Å². The molecule has 12 heavy (non-hydrogen) atoms. The van der Waals surface area contributed by atoms with Crippen LogP contribution in [0.15, 0.2) is 0 Å². The van der Waals surface area contributed by atoms with Crippen molar-refractivity contribution in [3.05, 3.63) is 0 Å². The zero-order chi connectivity index (χ0) is 9.45. The Morgan fingerprint density at radius 2 is 1.83 bits per heavy atom. The van der Waals surface area contributed by atoms with Crippen molar-refractivity contribution < 1.29 is 8.78 Å². The Kier molecular flexibility index (Phi) is 6.14. The van der Waals surface area contributed by atoms with Crippen molar-refractivity contribution in [1.82, 2.24) is 5.43 Å². The average Bonchev–Trinajstić information content (AvgIpc) is 2.04. The van der Waals surface area contributed by atoms with Crippen LogP contribution in [0.1, 0.15) is 25.7 Å². The molecular formula is C7H17F2N3. The normalized spacial score (nSPS) is 12.0. The van der Waals surface area contributed by atoms with Crippen molar-refractivity contribution in [3.63, 3.8) is 0 Å². The third-order valence-electron chi connectivity index (χ3n) is 1.66. The minimum Gasteiger partial charge on any atom is -0.325 e. The third kappa shape index (κ3) is 6.45. The molecule has 5 heteroatoms. The first-order valence-corrected chi connectivity index (χ1v) is 4.14. The fourth-order valence-electron chi connectivity index (χ4n) is 0.890. The number of halogens is 2. The smallest absolute Gasteiger partial charge is 0.260 e. The highest BCUT2D eigenvalue weighted by Crippen LogP contribution is 2.19. The first kappa shape index (κ1) is 11.7. The Morgan fingerprint density at radius 1 is 1.17 bits per heavy atom. The molecule has 0 spiro atoms. The van der Waals surface area contributed by atoms with Crippen LogP contribution in [0.25, 0.3) is 0 Å². The number of alkyl halides is 2. The molecule has 0 aliphatic carbocycles. The number of nitrogens with one attached hydrogen (secondary N) is 1. The van der Waals surface area contributed by atoms with Crippen molar-refractivity contribution in [2.75, 3.05) is 13.1 Å². The average molecular weight is 181 g/mol. The molecule has 0 bridgehead atoms. The van der Waals surface area contributed by atoms with Crippen molar-refractivity contribution in [1.29, 1.82) is 0 Å². The Bertz CT molecular complexity index is 109. The lowest BCUT2D eigenvalue weighted by Crippen LogP contribution is -2.27. The van der Waals surface area contributed by atoms with Gasteiger partial charge in [-0.05, 0) is 12.8 Å². The summed E-state index contributed by atoms with van der Waals surface area (Å²) in [6.45, 7) is 0.121. The maximum Gasteiger partial charge on any atom is 0.260 e. The van der Waals surface area contributed by atoms with E-state index < -0.39 is 12.5 Å². The number of rotatable bonds is 7. The third-order valence-corrected chi connectivity index (χ3v) is 1.66. The molecular weight excluding hydrogens is 164 g/mol. The van der Waals surface area contributed by atoms with E-state index in [0.29, 0.717) is 13.0 Å². The van der Waals surface area contributed by atoms with Crippen LogP contribution < -0.4 is 17.0 Å². The van der Waals surface area contributed by atoms with Gasteiger partial charge in [0.15, 0.2) is 0 Å². The van der Waals surface area contributed by atoms with Crippen LogP contribution >= 0.6 is 0 Å².